The predicted octanol–water partition coefficient (Wildman–Crippen LogP) is 4.92. The van der Waals surface area contributed by atoms with Crippen LogP contribution >= 0.6 is 0 Å². The summed E-state index contributed by atoms with van der Waals surface area (Å²) in [5, 5.41) is 9.57. The normalized spacial score (nSPS) is 12.8. The topological polar surface area (TPSA) is 76.7 Å². The van der Waals surface area contributed by atoms with Gasteiger partial charge in [-0.25, -0.2) is 4.79 Å². The molecule has 0 saturated carbocycles. The van der Waals surface area contributed by atoms with Gasteiger partial charge in [0, 0.05) is 5.56 Å². The fraction of sp³-hybridized carbons (Fsp3) is 0.304. The van der Waals surface area contributed by atoms with E-state index < -0.39 is 12.1 Å². The minimum atomic E-state index is -1.18. The van der Waals surface area contributed by atoms with E-state index in [0.717, 1.165) is 11.1 Å². The quantitative estimate of drug-likeness (QED) is 0.695. The summed E-state index contributed by atoms with van der Waals surface area (Å²) in [6.45, 7) is 9.64. The molecule has 0 amide bonds. The largest absolute Gasteiger partial charge is 0.479 e. The summed E-state index contributed by atoms with van der Waals surface area (Å²) in [4.78, 5) is 24.3. The SMILES string of the molecule is Cc1ccc2c(=O)c(O[C@@H](C)C(=O)O)c(-c3ccc(C(C)(C)C)cc3)oc2c1. The molecule has 0 spiro atoms. The molecule has 0 radical (unpaired) electrons. The minimum absolute atomic E-state index is 0.0168. The third-order valence-corrected chi connectivity index (χ3v) is 4.66. The molecule has 0 aliphatic rings. The van der Waals surface area contributed by atoms with E-state index in [-0.39, 0.29) is 22.4 Å². The highest BCUT2D eigenvalue weighted by Gasteiger charge is 2.23. The number of hydrogen-bond donors (Lipinski definition) is 1. The number of fused-ring (bicyclic) bond motifs is 1. The number of hydrogen-bond acceptors (Lipinski definition) is 4. The summed E-state index contributed by atoms with van der Waals surface area (Å²) in [6, 6.07) is 12.9. The van der Waals surface area contributed by atoms with Crippen LogP contribution in [0.15, 0.2) is 51.7 Å². The lowest BCUT2D eigenvalue weighted by molar-refractivity contribution is -0.144. The maximum atomic E-state index is 13.0. The Labute approximate surface area is 163 Å². The first-order chi connectivity index (χ1) is 13.1. The van der Waals surface area contributed by atoms with Crippen LogP contribution < -0.4 is 10.2 Å². The molecule has 0 saturated heterocycles. The lowest BCUT2D eigenvalue weighted by Crippen LogP contribution is -2.26. The highest BCUT2D eigenvalue weighted by atomic mass is 16.5. The van der Waals surface area contributed by atoms with E-state index in [1.54, 1.807) is 12.1 Å². The number of carboxylic acids is 1. The molecule has 0 unspecified atom stereocenters. The van der Waals surface area contributed by atoms with Crippen molar-refractivity contribution in [2.24, 2.45) is 0 Å². The van der Waals surface area contributed by atoms with Gasteiger partial charge in [0.2, 0.25) is 11.2 Å². The Bertz CT molecular complexity index is 1080. The average Bonchev–Trinajstić information content (AvgIpc) is 2.62. The van der Waals surface area contributed by atoms with Gasteiger partial charge in [0.25, 0.3) is 0 Å². The number of aliphatic carboxylic acids is 1. The molecule has 2 aromatic carbocycles. The van der Waals surface area contributed by atoms with Gasteiger partial charge < -0.3 is 14.3 Å². The maximum absolute atomic E-state index is 13.0. The van der Waals surface area contributed by atoms with Crippen molar-refractivity contribution in [1.29, 1.82) is 0 Å². The van der Waals surface area contributed by atoms with E-state index in [9.17, 15) is 14.7 Å². The number of rotatable bonds is 4. The van der Waals surface area contributed by atoms with Crippen LogP contribution in [0, 0.1) is 6.92 Å². The van der Waals surface area contributed by atoms with Gasteiger partial charge in [0.05, 0.1) is 5.39 Å². The van der Waals surface area contributed by atoms with Gasteiger partial charge in [-0.2, -0.15) is 0 Å². The van der Waals surface area contributed by atoms with Gasteiger partial charge >= 0.3 is 5.97 Å². The van der Waals surface area contributed by atoms with Crippen LogP contribution in [0.5, 0.6) is 5.75 Å². The van der Waals surface area contributed by atoms with E-state index in [1.807, 2.05) is 37.3 Å². The fourth-order valence-electron chi connectivity index (χ4n) is 2.93. The van der Waals surface area contributed by atoms with Gasteiger partial charge in [-0.1, -0.05) is 51.1 Å². The summed E-state index contributed by atoms with van der Waals surface area (Å²) >= 11 is 0. The summed E-state index contributed by atoms with van der Waals surface area (Å²) < 4.78 is 11.6. The Hall–Kier alpha value is -3.08. The van der Waals surface area contributed by atoms with Gasteiger partial charge in [-0.3, -0.25) is 4.79 Å². The molecule has 28 heavy (non-hydrogen) atoms. The van der Waals surface area contributed by atoms with Crippen molar-refractivity contribution in [3.8, 4) is 17.1 Å². The van der Waals surface area contributed by atoms with Crippen molar-refractivity contribution >= 4 is 16.9 Å². The van der Waals surface area contributed by atoms with Crippen LogP contribution in [0.4, 0.5) is 0 Å². The third-order valence-electron chi connectivity index (χ3n) is 4.66. The summed E-state index contributed by atoms with van der Waals surface area (Å²) in [7, 11) is 0. The number of carboxylic acid groups (broad SMARTS) is 1. The predicted molar refractivity (Wildman–Crippen MR) is 109 cm³/mol. The van der Waals surface area contributed by atoms with Crippen LogP contribution in [-0.2, 0) is 10.2 Å². The number of ether oxygens (including phenoxy) is 1. The summed E-state index contributed by atoms with van der Waals surface area (Å²) in [5.41, 5.74) is 2.78. The Morgan fingerprint density at radius 3 is 2.32 bits per heavy atom. The van der Waals surface area contributed by atoms with Crippen LogP contribution in [0.25, 0.3) is 22.3 Å². The van der Waals surface area contributed by atoms with Crippen molar-refractivity contribution < 1.29 is 19.1 Å². The van der Waals surface area contributed by atoms with E-state index >= 15 is 0 Å². The summed E-state index contributed by atoms with van der Waals surface area (Å²) in [6.07, 6.45) is -1.18. The molecular formula is C23H24O5. The zero-order chi connectivity index (χ0) is 20.6. The summed E-state index contributed by atoms with van der Waals surface area (Å²) in [5.74, 6) is -1.01. The zero-order valence-electron chi connectivity index (χ0n) is 16.7. The lowest BCUT2D eigenvalue weighted by atomic mass is 9.86. The minimum Gasteiger partial charge on any atom is -0.479 e. The number of aryl methyl sites for hydroxylation is 1. The van der Waals surface area contributed by atoms with Crippen LogP contribution in [-0.4, -0.2) is 17.2 Å². The van der Waals surface area contributed by atoms with E-state index in [4.69, 9.17) is 9.15 Å². The second-order valence-electron chi connectivity index (χ2n) is 8.01. The van der Waals surface area contributed by atoms with Gasteiger partial charge in [0.1, 0.15) is 5.58 Å². The molecule has 146 valence electrons. The van der Waals surface area contributed by atoms with Crippen molar-refractivity contribution in [1.82, 2.24) is 0 Å². The zero-order valence-corrected chi connectivity index (χ0v) is 16.7. The first-order valence-electron chi connectivity index (χ1n) is 9.16. The second kappa shape index (κ2) is 7.15. The molecule has 1 aromatic heterocycles. The highest BCUT2D eigenvalue weighted by Crippen LogP contribution is 2.33. The molecule has 0 aliphatic carbocycles. The molecule has 3 aromatic rings. The third kappa shape index (κ3) is 3.79. The highest BCUT2D eigenvalue weighted by molar-refractivity contribution is 5.83. The molecule has 1 atom stereocenters. The van der Waals surface area contributed by atoms with E-state index in [2.05, 4.69) is 20.8 Å². The molecule has 5 nitrogen and oxygen atoms in total. The first-order valence-corrected chi connectivity index (χ1v) is 9.16. The molecule has 0 fully saturated rings. The Morgan fingerprint density at radius 1 is 1.11 bits per heavy atom. The Balaban J connectivity index is 2.23. The molecule has 1 N–H and O–H groups in total. The smallest absolute Gasteiger partial charge is 0.344 e. The number of carbonyl (C=O) groups is 1. The molecule has 3 rings (SSSR count). The van der Waals surface area contributed by atoms with Gasteiger partial charge in [-0.05, 0) is 42.5 Å². The number of benzene rings is 2. The van der Waals surface area contributed by atoms with Crippen molar-refractivity contribution in [3.63, 3.8) is 0 Å². The van der Waals surface area contributed by atoms with Crippen LogP contribution in [0.3, 0.4) is 0 Å². The first kappa shape index (κ1) is 19.7. The van der Waals surface area contributed by atoms with Crippen molar-refractivity contribution in [2.45, 2.75) is 46.1 Å². The molecule has 0 aliphatic heterocycles. The monoisotopic (exact) mass is 380 g/mol. The van der Waals surface area contributed by atoms with Crippen molar-refractivity contribution in [2.75, 3.05) is 0 Å². The van der Waals surface area contributed by atoms with Crippen molar-refractivity contribution in [3.05, 3.63) is 63.8 Å². The Morgan fingerprint density at radius 2 is 1.75 bits per heavy atom. The molecule has 5 heteroatoms. The van der Waals surface area contributed by atoms with Gasteiger partial charge in [0.15, 0.2) is 11.9 Å². The van der Waals surface area contributed by atoms with E-state index in [0.29, 0.717) is 16.5 Å². The average molecular weight is 380 g/mol. The molecular weight excluding hydrogens is 356 g/mol. The second-order valence-corrected chi connectivity index (χ2v) is 8.01. The Kier molecular flexibility index (Phi) is 5.02. The van der Waals surface area contributed by atoms with Gasteiger partial charge in [-0.15, -0.1) is 0 Å². The van der Waals surface area contributed by atoms with E-state index in [1.165, 1.54) is 6.92 Å². The molecule has 1 heterocycles. The standard InChI is InChI=1S/C23H24O5/c1-13-6-11-17-18(12-13)28-20(21(19(17)24)27-14(2)22(25)26)15-7-9-16(10-8-15)23(3,4)5/h6-12,14H,1-5H3,(H,25,26)/t14-/m0/s1. The molecule has 0 bridgehead atoms. The maximum Gasteiger partial charge on any atom is 0.344 e. The lowest BCUT2D eigenvalue weighted by Gasteiger charge is -2.19. The van der Waals surface area contributed by atoms with Crippen LogP contribution in [0.1, 0.15) is 38.8 Å². The fourth-order valence-corrected chi connectivity index (χ4v) is 2.93. The van der Waals surface area contributed by atoms with Crippen LogP contribution in [0.2, 0.25) is 0 Å².